The number of rotatable bonds is 4. The van der Waals surface area contributed by atoms with E-state index < -0.39 is 0 Å². The van der Waals surface area contributed by atoms with E-state index >= 15 is 0 Å². The maximum Gasteiger partial charge on any atom is 0.251 e. The largest absolute Gasteiger partial charge is 0.350 e. The molecule has 2 aromatic rings. The lowest BCUT2D eigenvalue weighted by Gasteiger charge is -2.14. The van der Waals surface area contributed by atoms with Crippen molar-refractivity contribution < 1.29 is 4.79 Å². The first-order valence-corrected chi connectivity index (χ1v) is 7.45. The van der Waals surface area contributed by atoms with Crippen molar-refractivity contribution in [2.75, 3.05) is 6.54 Å². The maximum absolute atomic E-state index is 12.4. The molecule has 0 radical (unpaired) electrons. The van der Waals surface area contributed by atoms with Gasteiger partial charge in [-0.3, -0.25) is 4.79 Å². The van der Waals surface area contributed by atoms with Crippen LogP contribution in [-0.4, -0.2) is 12.5 Å². The Hall–Kier alpha value is -2.13. The van der Waals surface area contributed by atoms with Crippen LogP contribution in [0.2, 0.25) is 0 Å². The molecule has 3 heteroatoms. The van der Waals surface area contributed by atoms with Gasteiger partial charge in [-0.25, -0.2) is 0 Å². The molecule has 1 aliphatic carbocycles. The molecule has 3 N–H and O–H groups in total. The Bertz CT molecular complexity index is 637. The number of carbonyl (C=O) groups excluding carboxylic acids is 1. The van der Waals surface area contributed by atoms with Crippen LogP contribution in [0.15, 0.2) is 48.5 Å². The number of aryl methyl sites for hydroxylation is 1. The molecule has 0 aromatic heterocycles. The molecule has 0 saturated heterocycles. The van der Waals surface area contributed by atoms with Gasteiger partial charge in [-0.15, -0.1) is 0 Å². The monoisotopic (exact) mass is 280 g/mol. The first-order valence-electron chi connectivity index (χ1n) is 7.45. The summed E-state index contributed by atoms with van der Waals surface area (Å²) in [6.45, 7) is 0.451. The predicted octanol–water partition coefficient (Wildman–Crippen LogP) is 2.61. The summed E-state index contributed by atoms with van der Waals surface area (Å²) in [6.07, 6.45) is 3.23. The fourth-order valence-electron chi connectivity index (χ4n) is 2.95. The Kier molecular flexibility index (Phi) is 4.02. The Labute approximate surface area is 125 Å². The molecule has 0 fully saturated rings. The smallest absolute Gasteiger partial charge is 0.251 e. The SMILES string of the molecule is NC(CNC(=O)c1cccc2c1CCC2)c1ccccc1. The first-order chi connectivity index (χ1) is 10.3. The van der Waals surface area contributed by atoms with Gasteiger partial charge in [0.1, 0.15) is 0 Å². The van der Waals surface area contributed by atoms with Gasteiger partial charge in [-0.1, -0.05) is 42.5 Å². The Morgan fingerprint density at radius 3 is 2.71 bits per heavy atom. The van der Waals surface area contributed by atoms with Gasteiger partial charge in [0.25, 0.3) is 5.91 Å². The van der Waals surface area contributed by atoms with Crippen LogP contribution in [0.25, 0.3) is 0 Å². The average molecular weight is 280 g/mol. The van der Waals surface area contributed by atoms with Crippen molar-refractivity contribution in [3.05, 3.63) is 70.8 Å². The third kappa shape index (κ3) is 2.98. The molecule has 0 saturated carbocycles. The van der Waals surface area contributed by atoms with E-state index in [-0.39, 0.29) is 11.9 Å². The van der Waals surface area contributed by atoms with E-state index in [2.05, 4.69) is 11.4 Å². The molecule has 0 bridgehead atoms. The van der Waals surface area contributed by atoms with Crippen molar-refractivity contribution in [3.63, 3.8) is 0 Å². The van der Waals surface area contributed by atoms with Gasteiger partial charge in [-0.2, -0.15) is 0 Å². The number of hydrogen-bond acceptors (Lipinski definition) is 2. The minimum Gasteiger partial charge on any atom is -0.350 e. The lowest BCUT2D eigenvalue weighted by molar-refractivity contribution is 0.0950. The Morgan fingerprint density at radius 1 is 1.10 bits per heavy atom. The zero-order valence-corrected chi connectivity index (χ0v) is 12.0. The fourth-order valence-corrected chi connectivity index (χ4v) is 2.95. The molecule has 108 valence electrons. The molecule has 3 rings (SSSR count). The van der Waals surface area contributed by atoms with Crippen LogP contribution < -0.4 is 11.1 Å². The van der Waals surface area contributed by atoms with Crippen LogP contribution in [0.1, 0.15) is 39.5 Å². The summed E-state index contributed by atoms with van der Waals surface area (Å²) in [4.78, 5) is 12.4. The third-order valence-electron chi connectivity index (χ3n) is 4.10. The van der Waals surface area contributed by atoms with Crippen molar-refractivity contribution in [1.82, 2.24) is 5.32 Å². The third-order valence-corrected chi connectivity index (χ3v) is 4.10. The minimum atomic E-state index is -0.174. The quantitative estimate of drug-likeness (QED) is 0.904. The molecule has 1 amide bonds. The molecule has 1 atom stereocenters. The molecule has 1 unspecified atom stereocenters. The maximum atomic E-state index is 12.4. The van der Waals surface area contributed by atoms with E-state index in [0.29, 0.717) is 6.54 Å². The van der Waals surface area contributed by atoms with Gasteiger partial charge in [-0.05, 0) is 42.0 Å². The summed E-state index contributed by atoms with van der Waals surface area (Å²) in [7, 11) is 0. The lowest BCUT2D eigenvalue weighted by Crippen LogP contribution is -2.32. The average Bonchev–Trinajstić information content (AvgIpc) is 3.01. The van der Waals surface area contributed by atoms with Gasteiger partial charge in [0.15, 0.2) is 0 Å². The number of benzene rings is 2. The van der Waals surface area contributed by atoms with Crippen LogP contribution >= 0.6 is 0 Å². The zero-order chi connectivity index (χ0) is 14.7. The molecule has 1 aliphatic rings. The molecular weight excluding hydrogens is 260 g/mol. The number of fused-ring (bicyclic) bond motifs is 1. The summed E-state index contributed by atoms with van der Waals surface area (Å²) in [5.41, 5.74) is 10.5. The Morgan fingerprint density at radius 2 is 1.90 bits per heavy atom. The lowest BCUT2D eigenvalue weighted by atomic mass is 10.0. The van der Waals surface area contributed by atoms with Gasteiger partial charge in [0.05, 0.1) is 0 Å². The van der Waals surface area contributed by atoms with Crippen LogP contribution in [0.3, 0.4) is 0 Å². The van der Waals surface area contributed by atoms with Crippen LogP contribution in [-0.2, 0) is 12.8 Å². The molecular formula is C18H20N2O. The van der Waals surface area contributed by atoms with Crippen molar-refractivity contribution in [3.8, 4) is 0 Å². The van der Waals surface area contributed by atoms with Crippen LogP contribution in [0, 0.1) is 0 Å². The number of carbonyl (C=O) groups is 1. The highest BCUT2D eigenvalue weighted by Crippen LogP contribution is 2.25. The second-order valence-corrected chi connectivity index (χ2v) is 5.52. The summed E-state index contributed by atoms with van der Waals surface area (Å²) in [5.74, 6) is -0.0138. The van der Waals surface area contributed by atoms with Gasteiger partial charge in [0, 0.05) is 18.2 Å². The highest BCUT2D eigenvalue weighted by Gasteiger charge is 2.19. The first kappa shape index (κ1) is 13.8. The minimum absolute atomic E-state index is 0.0138. The summed E-state index contributed by atoms with van der Waals surface area (Å²) in [5, 5.41) is 2.96. The van der Waals surface area contributed by atoms with Crippen LogP contribution in [0.4, 0.5) is 0 Å². The van der Waals surface area contributed by atoms with E-state index in [4.69, 9.17) is 5.73 Å². The second-order valence-electron chi connectivity index (χ2n) is 5.52. The summed E-state index contributed by atoms with van der Waals surface area (Å²) >= 11 is 0. The second kappa shape index (κ2) is 6.10. The van der Waals surface area contributed by atoms with Gasteiger partial charge in [0.2, 0.25) is 0 Å². The number of hydrogen-bond donors (Lipinski definition) is 2. The number of nitrogens with two attached hydrogens (primary N) is 1. The normalized spacial score (nSPS) is 14.5. The number of amides is 1. The zero-order valence-electron chi connectivity index (χ0n) is 12.0. The van der Waals surface area contributed by atoms with Crippen molar-refractivity contribution in [2.24, 2.45) is 5.73 Å². The predicted molar refractivity (Wildman–Crippen MR) is 84.2 cm³/mol. The fraction of sp³-hybridized carbons (Fsp3) is 0.278. The summed E-state index contributed by atoms with van der Waals surface area (Å²) in [6, 6.07) is 15.7. The van der Waals surface area contributed by atoms with E-state index in [1.165, 1.54) is 11.1 Å². The highest BCUT2D eigenvalue weighted by atomic mass is 16.1. The standard InChI is InChI=1S/C18H20N2O/c19-17(14-6-2-1-3-7-14)12-20-18(21)16-11-5-9-13-8-4-10-15(13)16/h1-3,5-7,9,11,17H,4,8,10,12,19H2,(H,20,21). The van der Waals surface area contributed by atoms with Gasteiger partial charge < -0.3 is 11.1 Å². The summed E-state index contributed by atoms with van der Waals surface area (Å²) < 4.78 is 0. The molecule has 0 aliphatic heterocycles. The molecule has 0 heterocycles. The molecule has 0 spiro atoms. The van der Waals surface area contributed by atoms with Crippen LogP contribution in [0.5, 0.6) is 0 Å². The number of nitrogens with one attached hydrogen (secondary N) is 1. The van der Waals surface area contributed by atoms with Gasteiger partial charge >= 0.3 is 0 Å². The topological polar surface area (TPSA) is 55.1 Å². The van der Waals surface area contributed by atoms with Crippen molar-refractivity contribution >= 4 is 5.91 Å². The van der Waals surface area contributed by atoms with E-state index in [1.54, 1.807) is 0 Å². The molecule has 2 aromatic carbocycles. The highest BCUT2D eigenvalue weighted by molar-refractivity contribution is 5.96. The molecule has 3 nitrogen and oxygen atoms in total. The van der Waals surface area contributed by atoms with Crippen molar-refractivity contribution in [1.29, 1.82) is 0 Å². The van der Waals surface area contributed by atoms with E-state index in [1.807, 2.05) is 42.5 Å². The van der Waals surface area contributed by atoms with Crippen molar-refractivity contribution in [2.45, 2.75) is 25.3 Å². The Balaban J connectivity index is 1.66. The van der Waals surface area contributed by atoms with E-state index in [9.17, 15) is 4.79 Å². The molecule has 21 heavy (non-hydrogen) atoms. The van der Waals surface area contributed by atoms with E-state index in [0.717, 1.165) is 30.4 Å².